The lowest BCUT2D eigenvalue weighted by Gasteiger charge is -2.31. The number of fused-ring (bicyclic) bond motifs is 1. The molecule has 2 aliphatic carbocycles. The van der Waals surface area contributed by atoms with Gasteiger partial charge in [0.25, 0.3) is 0 Å². The largest absolute Gasteiger partial charge is 0.310 e. The number of nitrogens with one attached hydrogen (secondary N) is 1. The Morgan fingerprint density at radius 1 is 1.05 bits per heavy atom. The summed E-state index contributed by atoms with van der Waals surface area (Å²) in [6.45, 7) is 6.26. The zero-order valence-corrected chi connectivity index (χ0v) is 13.2. The second-order valence-corrected chi connectivity index (χ2v) is 7.45. The molecule has 114 valence electrons. The molecular weight excluding hydrogens is 256 g/mol. The fourth-order valence-corrected chi connectivity index (χ4v) is 4.33. The minimum Gasteiger partial charge on any atom is -0.310 e. The Morgan fingerprint density at radius 3 is 2.67 bits per heavy atom. The molecule has 1 aromatic carbocycles. The van der Waals surface area contributed by atoms with Gasteiger partial charge in [0.2, 0.25) is 0 Å². The summed E-state index contributed by atoms with van der Waals surface area (Å²) < 4.78 is 0. The van der Waals surface area contributed by atoms with Crippen molar-refractivity contribution in [2.75, 3.05) is 19.6 Å². The van der Waals surface area contributed by atoms with Gasteiger partial charge in [-0.05, 0) is 68.2 Å². The molecule has 1 aliphatic heterocycles. The molecule has 0 bridgehead atoms. The van der Waals surface area contributed by atoms with Crippen molar-refractivity contribution in [1.82, 2.24) is 10.2 Å². The highest BCUT2D eigenvalue weighted by Crippen LogP contribution is 2.37. The van der Waals surface area contributed by atoms with E-state index in [1.165, 1.54) is 51.7 Å². The van der Waals surface area contributed by atoms with Crippen LogP contribution in [0.4, 0.5) is 0 Å². The number of hydrogen-bond acceptors (Lipinski definition) is 2. The topological polar surface area (TPSA) is 15.3 Å². The third-order valence-electron chi connectivity index (χ3n) is 5.82. The average molecular weight is 284 g/mol. The molecule has 4 rings (SSSR count). The molecule has 1 aromatic rings. The van der Waals surface area contributed by atoms with Crippen molar-refractivity contribution in [3.05, 3.63) is 35.4 Å². The van der Waals surface area contributed by atoms with E-state index in [1.807, 2.05) is 0 Å². The van der Waals surface area contributed by atoms with Gasteiger partial charge in [-0.2, -0.15) is 0 Å². The smallest absolute Gasteiger partial charge is 0.0323 e. The Hall–Kier alpha value is -0.860. The molecule has 0 radical (unpaired) electrons. The minimum atomic E-state index is 0.590. The first-order chi connectivity index (χ1) is 10.3. The molecule has 3 unspecified atom stereocenters. The van der Waals surface area contributed by atoms with Gasteiger partial charge in [0, 0.05) is 18.6 Å². The molecule has 0 aromatic heterocycles. The van der Waals surface area contributed by atoms with Crippen LogP contribution in [0.2, 0.25) is 0 Å². The third-order valence-corrected chi connectivity index (χ3v) is 5.82. The zero-order valence-electron chi connectivity index (χ0n) is 13.2. The van der Waals surface area contributed by atoms with Crippen LogP contribution in [0.1, 0.15) is 62.1 Å². The van der Waals surface area contributed by atoms with Crippen LogP contribution in [-0.2, 0) is 0 Å². The van der Waals surface area contributed by atoms with Gasteiger partial charge in [-0.15, -0.1) is 0 Å². The van der Waals surface area contributed by atoms with E-state index in [-0.39, 0.29) is 0 Å². The van der Waals surface area contributed by atoms with E-state index in [9.17, 15) is 0 Å². The van der Waals surface area contributed by atoms with E-state index in [1.54, 1.807) is 11.1 Å². The second kappa shape index (κ2) is 5.73. The Labute approximate surface area is 128 Å². The summed E-state index contributed by atoms with van der Waals surface area (Å²) >= 11 is 0. The molecule has 0 spiro atoms. The van der Waals surface area contributed by atoms with E-state index >= 15 is 0 Å². The maximum Gasteiger partial charge on any atom is 0.0323 e. The monoisotopic (exact) mass is 284 g/mol. The van der Waals surface area contributed by atoms with Gasteiger partial charge in [-0.25, -0.2) is 0 Å². The molecule has 3 atom stereocenters. The Kier molecular flexibility index (Phi) is 3.76. The Morgan fingerprint density at radius 2 is 1.86 bits per heavy atom. The standard InChI is InChI=1S/C19H28N2/c1-14-6-9-19(18-5-3-2-4-17(14)18)20-12-15-10-11-21(13-15)16-7-8-16/h2-5,14-16,19-20H,6-13H2,1H3. The Balaban J connectivity index is 1.36. The van der Waals surface area contributed by atoms with Gasteiger partial charge in [0.1, 0.15) is 0 Å². The van der Waals surface area contributed by atoms with Gasteiger partial charge in [0.15, 0.2) is 0 Å². The molecule has 1 saturated heterocycles. The van der Waals surface area contributed by atoms with Crippen molar-refractivity contribution in [3.8, 4) is 0 Å². The van der Waals surface area contributed by atoms with Crippen LogP contribution in [0.5, 0.6) is 0 Å². The Bertz CT molecular complexity index is 494. The predicted molar refractivity (Wildman–Crippen MR) is 87.5 cm³/mol. The van der Waals surface area contributed by atoms with Crippen molar-refractivity contribution < 1.29 is 0 Å². The highest BCUT2D eigenvalue weighted by atomic mass is 15.2. The van der Waals surface area contributed by atoms with Gasteiger partial charge < -0.3 is 10.2 Å². The van der Waals surface area contributed by atoms with Crippen molar-refractivity contribution in [2.45, 2.75) is 57.0 Å². The summed E-state index contributed by atoms with van der Waals surface area (Å²) in [5.74, 6) is 1.60. The third kappa shape index (κ3) is 2.89. The fraction of sp³-hybridized carbons (Fsp3) is 0.684. The minimum absolute atomic E-state index is 0.590. The number of likely N-dealkylation sites (tertiary alicyclic amines) is 1. The molecule has 2 nitrogen and oxygen atoms in total. The lowest BCUT2D eigenvalue weighted by Crippen LogP contribution is -2.32. The molecule has 1 N–H and O–H groups in total. The van der Waals surface area contributed by atoms with Gasteiger partial charge in [-0.1, -0.05) is 31.2 Å². The van der Waals surface area contributed by atoms with Crippen LogP contribution < -0.4 is 5.32 Å². The number of nitrogens with zero attached hydrogens (tertiary/aromatic N) is 1. The van der Waals surface area contributed by atoms with Crippen molar-refractivity contribution in [3.63, 3.8) is 0 Å². The first kappa shape index (κ1) is 13.8. The van der Waals surface area contributed by atoms with E-state index in [0.29, 0.717) is 6.04 Å². The fourth-order valence-electron chi connectivity index (χ4n) is 4.33. The number of hydrogen-bond donors (Lipinski definition) is 1. The van der Waals surface area contributed by atoms with Gasteiger partial charge in [-0.3, -0.25) is 0 Å². The molecule has 2 heteroatoms. The highest BCUT2D eigenvalue weighted by Gasteiger charge is 2.34. The number of rotatable bonds is 4. The van der Waals surface area contributed by atoms with E-state index in [4.69, 9.17) is 0 Å². The molecule has 2 fully saturated rings. The first-order valence-electron chi connectivity index (χ1n) is 8.87. The molecule has 1 heterocycles. The van der Waals surface area contributed by atoms with E-state index < -0.39 is 0 Å². The van der Waals surface area contributed by atoms with Crippen molar-refractivity contribution in [1.29, 1.82) is 0 Å². The quantitative estimate of drug-likeness (QED) is 0.907. The summed E-state index contributed by atoms with van der Waals surface area (Å²) in [5, 5.41) is 3.89. The molecule has 1 saturated carbocycles. The highest BCUT2D eigenvalue weighted by molar-refractivity contribution is 5.34. The maximum absolute atomic E-state index is 3.89. The normalized spacial score (nSPS) is 33.1. The summed E-state index contributed by atoms with van der Waals surface area (Å²) in [7, 11) is 0. The zero-order chi connectivity index (χ0) is 14.2. The van der Waals surface area contributed by atoms with Crippen LogP contribution in [0.3, 0.4) is 0 Å². The predicted octanol–water partition coefficient (Wildman–Crippen LogP) is 3.70. The lowest BCUT2D eigenvalue weighted by atomic mass is 9.81. The van der Waals surface area contributed by atoms with Crippen LogP contribution >= 0.6 is 0 Å². The molecule has 3 aliphatic rings. The maximum atomic E-state index is 3.89. The van der Waals surface area contributed by atoms with Gasteiger partial charge >= 0.3 is 0 Å². The van der Waals surface area contributed by atoms with Crippen LogP contribution in [0, 0.1) is 5.92 Å². The summed E-state index contributed by atoms with van der Waals surface area (Å²) in [5.41, 5.74) is 3.14. The van der Waals surface area contributed by atoms with E-state index in [0.717, 1.165) is 17.9 Å². The van der Waals surface area contributed by atoms with Crippen molar-refractivity contribution >= 4 is 0 Å². The van der Waals surface area contributed by atoms with Crippen LogP contribution in [0.15, 0.2) is 24.3 Å². The molecule has 0 amide bonds. The van der Waals surface area contributed by atoms with Crippen LogP contribution in [0.25, 0.3) is 0 Å². The summed E-state index contributed by atoms with van der Waals surface area (Å²) in [6.07, 6.45) is 6.93. The number of benzene rings is 1. The second-order valence-electron chi connectivity index (χ2n) is 7.45. The van der Waals surface area contributed by atoms with Crippen LogP contribution in [-0.4, -0.2) is 30.6 Å². The SMILES string of the molecule is CC1CCC(NCC2CCN(C3CC3)C2)c2ccccc21. The molecular formula is C19H28N2. The lowest BCUT2D eigenvalue weighted by molar-refractivity contribution is 0.306. The average Bonchev–Trinajstić information content (AvgIpc) is 3.26. The summed E-state index contributed by atoms with van der Waals surface area (Å²) in [6, 6.07) is 10.6. The van der Waals surface area contributed by atoms with Crippen molar-refractivity contribution in [2.24, 2.45) is 5.92 Å². The van der Waals surface area contributed by atoms with E-state index in [2.05, 4.69) is 41.4 Å². The molecule has 21 heavy (non-hydrogen) atoms. The van der Waals surface area contributed by atoms with Gasteiger partial charge in [0.05, 0.1) is 0 Å². The first-order valence-corrected chi connectivity index (χ1v) is 8.87. The summed E-state index contributed by atoms with van der Waals surface area (Å²) in [4.78, 5) is 2.73.